The van der Waals surface area contributed by atoms with Gasteiger partial charge in [0.25, 0.3) is 0 Å². The molecule has 0 aromatic heterocycles. The molecule has 0 aromatic rings. The van der Waals surface area contributed by atoms with Crippen molar-refractivity contribution in [3.05, 3.63) is 0 Å². The molecule has 0 bridgehead atoms. The van der Waals surface area contributed by atoms with Crippen LogP contribution in [-0.4, -0.2) is 42.9 Å². The van der Waals surface area contributed by atoms with Crippen LogP contribution in [0.15, 0.2) is 0 Å². The highest BCUT2D eigenvalue weighted by atomic mass is 16.5. The monoisotopic (exact) mass is 300 g/mol. The fourth-order valence-corrected chi connectivity index (χ4v) is 2.39. The van der Waals surface area contributed by atoms with Crippen LogP contribution in [-0.2, 0) is 9.53 Å². The molecule has 0 saturated carbocycles. The largest absolute Gasteiger partial charge is 0.481 e. The van der Waals surface area contributed by atoms with E-state index in [0.717, 1.165) is 38.9 Å². The van der Waals surface area contributed by atoms with Crippen molar-refractivity contribution in [1.82, 2.24) is 10.6 Å². The van der Waals surface area contributed by atoms with Crippen molar-refractivity contribution < 1.29 is 19.4 Å². The highest BCUT2D eigenvalue weighted by Gasteiger charge is 2.15. The lowest BCUT2D eigenvalue weighted by atomic mass is 10.0. The summed E-state index contributed by atoms with van der Waals surface area (Å²) in [4.78, 5) is 22.5. The van der Waals surface area contributed by atoms with E-state index in [1.165, 1.54) is 0 Å². The summed E-state index contributed by atoms with van der Waals surface area (Å²) in [5.41, 5.74) is 0. The number of nitrogens with one attached hydrogen (secondary N) is 2. The van der Waals surface area contributed by atoms with E-state index in [-0.39, 0.29) is 18.0 Å². The first-order chi connectivity index (χ1) is 9.99. The quantitative estimate of drug-likeness (QED) is 0.639. The zero-order valence-corrected chi connectivity index (χ0v) is 13.1. The molecule has 3 N–H and O–H groups in total. The zero-order chi connectivity index (χ0) is 15.7. The molecule has 21 heavy (non-hydrogen) atoms. The summed E-state index contributed by atoms with van der Waals surface area (Å²) in [6.45, 7) is 5.91. The maximum atomic E-state index is 11.8. The van der Waals surface area contributed by atoms with Gasteiger partial charge in [0.15, 0.2) is 0 Å². The molecule has 1 aliphatic rings. The molecule has 1 heterocycles. The van der Waals surface area contributed by atoms with E-state index in [4.69, 9.17) is 9.84 Å². The molecule has 1 rings (SSSR count). The van der Waals surface area contributed by atoms with E-state index in [0.29, 0.717) is 18.9 Å². The number of ether oxygens (including phenoxy) is 1. The lowest BCUT2D eigenvalue weighted by Gasteiger charge is -2.23. The van der Waals surface area contributed by atoms with Gasteiger partial charge in [0.1, 0.15) is 0 Å². The van der Waals surface area contributed by atoms with Crippen LogP contribution in [0.2, 0.25) is 0 Å². The molecule has 0 spiro atoms. The lowest BCUT2D eigenvalue weighted by molar-refractivity contribution is -0.141. The zero-order valence-electron chi connectivity index (χ0n) is 13.1. The van der Waals surface area contributed by atoms with Crippen LogP contribution in [0.4, 0.5) is 4.79 Å². The maximum absolute atomic E-state index is 11.8. The molecular formula is C15H28N2O4. The van der Waals surface area contributed by atoms with Gasteiger partial charge in [-0.15, -0.1) is 0 Å². The number of hydrogen-bond donors (Lipinski definition) is 3. The highest BCUT2D eigenvalue weighted by molar-refractivity contribution is 5.74. The second-order valence-electron chi connectivity index (χ2n) is 5.98. The normalized spacial score (nSPS) is 18.8. The van der Waals surface area contributed by atoms with Crippen molar-refractivity contribution in [3.8, 4) is 0 Å². The van der Waals surface area contributed by atoms with Gasteiger partial charge in [0, 0.05) is 25.8 Å². The number of urea groups is 1. The second kappa shape index (κ2) is 9.60. The molecule has 1 fully saturated rings. The van der Waals surface area contributed by atoms with Crippen LogP contribution in [0.5, 0.6) is 0 Å². The topological polar surface area (TPSA) is 87.7 Å². The Morgan fingerprint density at radius 2 is 1.90 bits per heavy atom. The summed E-state index contributed by atoms with van der Waals surface area (Å²) in [7, 11) is 0. The second-order valence-corrected chi connectivity index (χ2v) is 5.98. The molecule has 0 radical (unpaired) electrons. The van der Waals surface area contributed by atoms with Gasteiger partial charge in [0.2, 0.25) is 0 Å². The third kappa shape index (κ3) is 7.90. The van der Waals surface area contributed by atoms with E-state index in [2.05, 4.69) is 10.6 Å². The Kier molecular flexibility index (Phi) is 8.12. The summed E-state index contributed by atoms with van der Waals surface area (Å²) in [6, 6.07) is -0.0824. The maximum Gasteiger partial charge on any atom is 0.315 e. The van der Waals surface area contributed by atoms with Gasteiger partial charge in [-0.1, -0.05) is 13.3 Å². The molecule has 2 unspecified atom stereocenters. The first-order valence-electron chi connectivity index (χ1n) is 7.84. The summed E-state index contributed by atoms with van der Waals surface area (Å²) >= 11 is 0. The molecule has 6 nitrogen and oxygen atoms in total. The number of hydrogen-bond acceptors (Lipinski definition) is 3. The highest BCUT2D eigenvalue weighted by Crippen LogP contribution is 2.13. The van der Waals surface area contributed by atoms with Gasteiger partial charge in [-0.25, -0.2) is 4.79 Å². The number of carboxylic acid groups (broad SMARTS) is 1. The molecular weight excluding hydrogens is 272 g/mol. The van der Waals surface area contributed by atoms with E-state index < -0.39 is 5.97 Å². The summed E-state index contributed by atoms with van der Waals surface area (Å²) < 4.78 is 5.28. The lowest BCUT2D eigenvalue weighted by Crippen LogP contribution is -2.43. The standard InChI is InChI=1S/C15H28N2O4/c1-11(14(18)19)4-3-5-12(2)17-15(20)16-10-13-6-8-21-9-7-13/h11-13H,3-10H2,1-2H3,(H,18,19)(H2,16,17,20). The Bertz CT molecular complexity index is 330. The van der Waals surface area contributed by atoms with Crippen LogP contribution >= 0.6 is 0 Å². The molecule has 1 aliphatic heterocycles. The minimum atomic E-state index is -0.759. The number of amides is 2. The number of rotatable bonds is 8. The van der Waals surface area contributed by atoms with Crippen LogP contribution in [0.1, 0.15) is 46.0 Å². The van der Waals surface area contributed by atoms with Gasteiger partial charge in [-0.3, -0.25) is 4.79 Å². The average Bonchev–Trinajstić information content (AvgIpc) is 2.46. The van der Waals surface area contributed by atoms with Crippen LogP contribution in [0.25, 0.3) is 0 Å². The van der Waals surface area contributed by atoms with Crippen LogP contribution < -0.4 is 10.6 Å². The van der Waals surface area contributed by atoms with Gasteiger partial charge < -0.3 is 20.5 Å². The third-order valence-corrected chi connectivity index (χ3v) is 3.97. The summed E-state index contributed by atoms with van der Waals surface area (Å²) in [5.74, 6) is -0.569. The summed E-state index contributed by atoms with van der Waals surface area (Å²) in [6.07, 6.45) is 4.24. The van der Waals surface area contributed by atoms with Crippen molar-refractivity contribution in [2.45, 2.75) is 52.0 Å². The van der Waals surface area contributed by atoms with Gasteiger partial charge in [0.05, 0.1) is 5.92 Å². The third-order valence-electron chi connectivity index (χ3n) is 3.97. The van der Waals surface area contributed by atoms with E-state index in [1.54, 1.807) is 6.92 Å². The Balaban J connectivity index is 2.08. The first-order valence-corrected chi connectivity index (χ1v) is 7.84. The van der Waals surface area contributed by atoms with Crippen molar-refractivity contribution in [1.29, 1.82) is 0 Å². The SMILES string of the molecule is CC(CCCC(C)C(=O)O)NC(=O)NCC1CCOCC1. The van der Waals surface area contributed by atoms with Gasteiger partial charge in [-0.2, -0.15) is 0 Å². The number of carboxylic acids is 1. The number of carbonyl (C=O) groups is 2. The Labute approximate surface area is 126 Å². The molecule has 2 amide bonds. The molecule has 0 aliphatic carbocycles. The van der Waals surface area contributed by atoms with Crippen molar-refractivity contribution in [3.63, 3.8) is 0 Å². The van der Waals surface area contributed by atoms with Crippen molar-refractivity contribution >= 4 is 12.0 Å². The molecule has 1 saturated heterocycles. The molecule has 0 aromatic carbocycles. The predicted molar refractivity (Wildman–Crippen MR) is 80.2 cm³/mol. The van der Waals surface area contributed by atoms with E-state index in [9.17, 15) is 9.59 Å². The Morgan fingerprint density at radius 3 is 2.52 bits per heavy atom. The molecule has 6 heteroatoms. The van der Waals surface area contributed by atoms with Crippen molar-refractivity contribution in [2.24, 2.45) is 11.8 Å². The number of carbonyl (C=O) groups excluding carboxylic acids is 1. The smallest absolute Gasteiger partial charge is 0.315 e. The van der Waals surface area contributed by atoms with Crippen LogP contribution in [0, 0.1) is 11.8 Å². The van der Waals surface area contributed by atoms with Crippen LogP contribution in [0.3, 0.4) is 0 Å². The predicted octanol–water partition coefficient (Wildman–Crippen LogP) is 1.99. The Hall–Kier alpha value is -1.30. The first kappa shape index (κ1) is 17.8. The van der Waals surface area contributed by atoms with E-state index >= 15 is 0 Å². The fourth-order valence-electron chi connectivity index (χ4n) is 2.39. The van der Waals surface area contributed by atoms with Gasteiger partial charge >= 0.3 is 12.0 Å². The van der Waals surface area contributed by atoms with Crippen molar-refractivity contribution in [2.75, 3.05) is 19.8 Å². The number of aliphatic carboxylic acids is 1. The summed E-state index contributed by atoms with van der Waals surface area (Å²) in [5, 5.41) is 14.6. The molecule has 122 valence electrons. The Morgan fingerprint density at radius 1 is 1.24 bits per heavy atom. The molecule has 2 atom stereocenters. The van der Waals surface area contributed by atoms with Gasteiger partial charge in [-0.05, 0) is 38.5 Å². The fraction of sp³-hybridized carbons (Fsp3) is 0.867. The minimum Gasteiger partial charge on any atom is -0.481 e. The van der Waals surface area contributed by atoms with E-state index in [1.807, 2.05) is 6.92 Å². The minimum absolute atomic E-state index is 0.0562. The average molecular weight is 300 g/mol.